The van der Waals surface area contributed by atoms with Crippen molar-refractivity contribution in [2.75, 3.05) is 30.3 Å². The Hall–Kier alpha value is -2.62. The van der Waals surface area contributed by atoms with E-state index in [0.29, 0.717) is 24.8 Å². The van der Waals surface area contributed by atoms with Crippen LogP contribution in [-0.2, 0) is 11.2 Å². The van der Waals surface area contributed by atoms with Gasteiger partial charge in [0.1, 0.15) is 5.82 Å². The fourth-order valence-corrected chi connectivity index (χ4v) is 4.80. The van der Waals surface area contributed by atoms with Gasteiger partial charge in [-0.25, -0.2) is 4.98 Å². The molecule has 164 valence electrons. The number of aromatic nitrogens is 1. The Labute approximate surface area is 185 Å². The predicted molar refractivity (Wildman–Crippen MR) is 122 cm³/mol. The summed E-state index contributed by atoms with van der Waals surface area (Å²) in [7, 11) is 0. The van der Waals surface area contributed by atoms with Gasteiger partial charge < -0.3 is 21.1 Å². The molecule has 2 amide bonds. The zero-order valence-electron chi connectivity index (χ0n) is 17.2. The molecule has 9 heteroatoms. The molecule has 2 aliphatic rings. The van der Waals surface area contributed by atoms with Gasteiger partial charge in [0.05, 0.1) is 11.4 Å². The quantitative estimate of drug-likeness (QED) is 0.514. The molecule has 31 heavy (non-hydrogen) atoms. The van der Waals surface area contributed by atoms with Gasteiger partial charge in [0.15, 0.2) is 0 Å². The number of nitrogens with one attached hydrogen (secondary N) is 2. The first-order valence-corrected chi connectivity index (χ1v) is 11.3. The van der Waals surface area contributed by atoms with Gasteiger partial charge in [0, 0.05) is 43.1 Å². The molecule has 2 aromatic rings. The molecule has 3 heterocycles. The Bertz CT molecular complexity index is 914. The average Bonchev–Trinajstić information content (AvgIpc) is 3.10. The monoisotopic (exact) mass is 441 g/mol. The number of hydrogen-bond donors (Lipinski definition) is 4. The summed E-state index contributed by atoms with van der Waals surface area (Å²) in [6.45, 7) is 2.36. The molecule has 4 rings (SSSR count). The van der Waals surface area contributed by atoms with Gasteiger partial charge in [0.2, 0.25) is 5.91 Å². The maximum atomic E-state index is 11.7. The molecule has 1 aromatic heterocycles. The summed E-state index contributed by atoms with van der Waals surface area (Å²) >= 11 is 1.06. The van der Waals surface area contributed by atoms with Gasteiger partial charge in [-0.3, -0.25) is 14.9 Å². The summed E-state index contributed by atoms with van der Waals surface area (Å²) < 4.78 is 0. The number of nitrogen functional groups attached to an aromatic ring is 1. The first-order chi connectivity index (χ1) is 15.0. The van der Waals surface area contributed by atoms with Crippen molar-refractivity contribution in [3.05, 3.63) is 53.7 Å². The molecule has 1 aromatic carbocycles. The minimum Gasteiger partial charge on any atom is -0.387 e. The number of hydrogen-bond acceptors (Lipinski definition) is 8. The van der Waals surface area contributed by atoms with Crippen LogP contribution in [0, 0.1) is 0 Å². The number of benzene rings is 1. The average molecular weight is 442 g/mol. The molecule has 1 unspecified atom stereocenters. The topological polar surface area (TPSA) is 121 Å². The van der Waals surface area contributed by atoms with Gasteiger partial charge in [-0.15, -0.1) is 0 Å². The molecule has 8 nitrogen and oxygen atoms in total. The highest BCUT2D eigenvalue weighted by atomic mass is 32.2. The molecule has 2 saturated heterocycles. The third kappa shape index (κ3) is 5.55. The second-order valence-electron chi connectivity index (χ2n) is 7.96. The standard InChI is InChI=1S/C22H27N5O3S/c23-20-6-3-15(12-25-20)18(28)13-24-16-7-9-27(10-8-16)17-4-1-14(2-5-17)11-19-21(29)26-22(30)31-19/h1-6,12,16,18-19,24,28H,7-11,13H2,(H2,23,25)(H,26,29,30)/t18-,19?/m1/s1. The largest absolute Gasteiger partial charge is 0.387 e. The van der Waals surface area contributed by atoms with E-state index in [2.05, 4.69) is 32.7 Å². The number of piperidine rings is 1. The highest BCUT2D eigenvalue weighted by molar-refractivity contribution is 8.15. The van der Waals surface area contributed by atoms with E-state index in [-0.39, 0.29) is 16.4 Å². The smallest absolute Gasteiger partial charge is 0.286 e. The molecule has 0 spiro atoms. The summed E-state index contributed by atoms with van der Waals surface area (Å²) in [4.78, 5) is 29.4. The predicted octanol–water partition coefficient (Wildman–Crippen LogP) is 1.85. The molecule has 0 bridgehead atoms. The molecule has 2 fully saturated rings. The van der Waals surface area contributed by atoms with E-state index < -0.39 is 6.10 Å². The van der Waals surface area contributed by atoms with E-state index in [0.717, 1.165) is 54.5 Å². The number of thioether (sulfide) groups is 1. The summed E-state index contributed by atoms with van der Waals surface area (Å²) in [5, 5.41) is 15.5. The lowest BCUT2D eigenvalue weighted by Gasteiger charge is -2.34. The minimum atomic E-state index is -0.603. The van der Waals surface area contributed by atoms with Crippen LogP contribution in [0.15, 0.2) is 42.6 Å². The number of carbonyl (C=O) groups excluding carboxylic acids is 2. The minimum absolute atomic E-state index is 0.202. The third-order valence-electron chi connectivity index (χ3n) is 5.78. The summed E-state index contributed by atoms with van der Waals surface area (Å²) in [6.07, 6.45) is 3.56. The van der Waals surface area contributed by atoms with Gasteiger partial charge >= 0.3 is 0 Å². The van der Waals surface area contributed by atoms with Crippen LogP contribution in [-0.4, -0.2) is 52.2 Å². The van der Waals surface area contributed by atoms with Gasteiger partial charge in [-0.05, 0) is 43.0 Å². The zero-order chi connectivity index (χ0) is 21.8. The summed E-state index contributed by atoms with van der Waals surface area (Å²) in [5.74, 6) is 0.244. The van der Waals surface area contributed by atoms with Crippen LogP contribution >= 0.6 is 11.8 Å². The van der Waals surface area contributed by atoms with E-state index in [9.17, 15) is 14.7 Å². The fraction of sp³-hybridized carbons (Fsp3) is 0.409. The molecular weight excluding hydrogens is 414 g/mol. The lowest BCUT2D eigenvalue weighted by atomic mass is 10.0. The van der Waals surface area contributed by atoms with E-state index in [1.165, 1.54) is 0 Å². The number of pyridine rings is 1. The molecule has 2 atom stereocenters. The van der Waals surface area contributed by atoms with Crippen LogP contribution in [0.5, 0.6) is 0 Å². The van der Waals surface area contributed by atoms with Crippen LogP contribution in [0.4, 0.5) is 16.3 Å². The van der Waals surface area contributed by atoms with E-state index in [4.69, 9.17) is 5.73 Å². The van der Waals surface area contributed by atoms with Crippen molar-refractivity contribution in [1.29, 1.82) is 0 Å². The van der Waals surface area contributed by atoms with Crippen LogP contribution in [0.1, 0.15) is 30.1 Å². The Morgan fingerprint density at radius 2 is 1.94 bits per heavy atom. The van der Waals surface area contributed by atoms with Crippen molar-refractivity contribution in [3.63, 3.8) is 0 Å². The molecule has 0 saturated carbocycles. The highest BCUT2D eigenvalue weighted by Crippen LogP contribution is 2.25. The van der Waals surface area contributed by atoms with Crippen molar-refractivity contribution < 1.29 is 14.7 Å². The highest BCUT2D eigenvalue weighted by Gasteiger charge is 2.31. The molecule has 0 radical (unpaired) electrons. The van der Waals surface area contributed by atoms with Crippen LogP contribution < -0.4 is 21.3 Å². The van der Waals surface area contributed by atoms with Crippen LogP contribution in [0.3, 0.4) is 0 Å². The lowest BCUT2D eigenvalue weighted by Crippen LogP contribution is -2.43. The van der Waals surface area contributed by atoms with Crippen molar-refractivity contribution >= 4 is 34.4 Å². The summed E-state index contributed by atoms with van der Waals surface area (Å²) in [5.41, 5.74) is 8.56. The molecule has 5 N–H and O–H groups in total. The van der Waals surface area contributed by atoms with Crippen molar-refractivity contribution in [2.24, 2.45) is 0 Å². The molecule has 0 aliphatic carbocycles. The van der Waals surface area contributed by atoms with E-state index in [1.807, 2.05) is 12.1 Å². The third-order valence-corrected chi connectivity index (χ3v) is 6.76. The van der Waals surface area contributed by atoms with Crippen LogP contribution in [0.25, 0.3) is 0 Å². The first kappa shape index (κ1) is 21.6. The Morgan fingerprint density at radius 1 is 1.19 bits per heavy atom. The van der Waals surface area contributed by atoms with E-state index >= 15 is 0 Å². The van der Waals surface area contributed by atoms with Gasteiger partial charge in [0.25, 0.3) is 5.24 Å². The number of aliphatic hydroxyl groups excluding tert-OH is 1. The number of nitrogens with zero attached hydrogens (tertiary/aromatic N) is 2. The molecular formula is C22H27N5O3S. The number of amides is 2. The summed E-state index contributed by atoms with van der Waals surface area (Å²) in [6, 6.07) is 12.1. The second-order valence-corrected chi connectivity index (χ2v) is 9.13. The van der Waals surface area contributed by atoms with Gasteiger partial charge in [-0.2, -0.15) is 0 Å². The SMILES string of the molecule is Nc1ccc([C@H](O)CNC2CCN(c3ccc(CC4SC(=O)NC4=O)cc3)CC2)cn1. The van der Waals surface area contributed by atoms with Crippen molar-refractivity contribution in [1.82, 2.24) is 15.6 Å². The number of imide groups is 1. The number of aliphatic hydroxyl groups is 1. The number of carbonyl (C=O) groups is 2. The second kappa shape index (κ2) is 9.67. The number of rotatable bonds is 7. The lowest BCUT2D eigenvalue weighted by molar-refractivity contribution is -0.118. The van der Waals surface area contributed by atoms with Gasteiger partial charge in [-0.1, -0.05) is 30.0 Å². The van der Waals surface area contributed by atoms with Crippen molar-refractivity contribution in [2.45, 2.75) is 36.7 Å². The maximum Gasteiger partial charge on any atom is 0.286 e. The Balaban J connectivity index is 1.22. The Morgan fingerprint density at radius 3 is 2.55 bits per heavy atom. The first-order valence-electron chi connectivity index (χ1n) is 10.5. The van der Waals surface area contributed by atoms with E-state index in [1.54, 1.807) is 18.3 Å². The fourth-order valence-electron chi connectivity index (χ4n) is 3.94. The number of nitrogens with two attached hydrogens (primary N) is 1. The molecule has 2 aliphatic heterocycles. The van der Waals surface area contributed by atoms with Crippen LogP contribution in [0.2, 0.25) is 0 Å². The van der Waals surface area contributed by atoms with Crippen molar-refractivity contribution in [3.8, 4) is 0 Å². The zero-order valence-corrected chi connectivity index (χ0v) is 18.0. The number of anilines is 2. The Kier molecular flexibility index (Phi) is 6.74. The normalized spacial score (nSPS) is 20.7. The maximum absolute atomic E-state index is 11.7.